The molecule has 3 heterocycles. The fraction of sp³-hybridized carbons (Fsp3) is 0.0833. The molecule has 19 heavy (non-hydrogen) atoms. The number of thioether (sulfide) groups is 1. The molecule has 0 saturated carbocycles. The van der Waals surface area contributed by atoms with Gasteiger partial charge in [0.15, 0.2) is 11.5 Å². The highest BCUT2D eigenvalue weighted by atomic mass is 32.2. The van der Waals surface area contributed by atoms with E-state index in [-0.39, 0.29) is 11.5 Å². The number of ketones is 1. The molecular formula is C12H8N2O3S2. The van der Waals surface area contributed by atoms with E-state index in [2.05, 4.69) is 10.2 Å². The van der Waals surface area contributed by atoms with Crippen molar-refractivity contribution in [2.75, 3.05) is 5.75 Å². The van der Waals surface area contributed by atoms with Crippen LogP contribution in [0.2, 0.25) is 0 Å². The topological polar surface area (TPSA) is 69.1 Å². The SMILES string of the molecule is O=C(CSc1nnc(-c2ccco2)o1)c1cccs1. The average Bonchev–Trinajstić information content (AvgIpc) is 3.14. The lowest BCUT2D eigenvalue weighted by atomic mass is 10.4. The van der Waals surface area contributed by atoms with Crippen LogP contribution in [-0.2, 0) is 0 Å². The van der Waals surface area contributed by atoms with E-state index in [0.717, 1.165) is 4.88 Å². The number of carbonyl (C=O) groups is 1. The third-order valence-electron chi connectivity index (χ3n) is 2.26. The van der Waals surface area contributed by atoms with Crippen LogP contribution in [0.1, 0.15) is 9.67 Å². The van der Waals surface area contributed by atoms with Gasteiger partial charge < -0.3 is 8.83 Å². The number of rotatable bonds is 5. The zero-order chi connectivity index (χ0) is 13.1. The summed E-state index contributed by atoms with van der Waals surface area (Å²) in [5.74, 6) is 1.16. The van der Waals surface area contributed by atoms with Crippen molar-refractivity contribution in [1.29, 1.82) is 0 Å². The first-order chi connectivity index (χ1) is 9.33. The molecule has 0 aliphatic carbocycles. The highest BCUT2D eigenvalue weighted by Crippen LogP contribution is 2.24. The van der Waals surface area contributed by atoms with E-state index in [1.54, 1.807) is 18.2 Å². The number of nitrogens with zero attached hydrogens (tertiary/aromatic N) is 2. The van der Waals surface area contributed by atoms with Gasteiger partial charge in [-0.1, -0.05) is 17.8 Å². The molecule has 0 aromatic carbocycles. The van der Waals surface area contributed by atoms with Gasteiger partial charge in [-0.15, -0.1) is 21.5 Å². The van der Waals surface area contributed by atoms with Crippen LogP contribution >= 0.6 is 23.1 Å². The molecule has 0 atom stereocenters. The first-order valence-corrected chi connectivity index (χ1v) is 7.26. The molecule has 0 aliphatic rings. The molecule has 0 saturated heterocycles. The first-order valence-electron chi connectivity index (χ1n) is 5.40. The molecule has 0 spiro atoms. The third kappa shape index (κ3) is 2.77. The zero-order valence-electron chi connectivity index (χ0n) is 9.61. The lowest BCUT2D eigenvalue weighted by molar-refractivity contribution is 0.102. The van der Waals surface area contributed by atoms with E-state index in [1.165, 1.54) is 29.4 Å². The fourth-order valence-corrected chi connectivity index (χ4v) is 2.81. The molecule has 0 radical (unpaired) electrons. The second-order valence-electron chi connectivity index (χ2n) is 3.54. The Hall–Kier alpha value is -1.86. The minimum atomic E-state index is 0.0535. The van der Waals surface area contributed by atoms with E-state index in [9.17, 15) is 4.79 Å². The normalized spacial score (nSPS) is 10.7. The molecule has 3 aromatic rings. The second kappa shape index (κ2) is 5.41. The van der Waals surface area contributed by atoms with E-state index in [1.807, 2.05) is 11.4 Å². The minimum absolute atomic E-state index is 0.0535. The molecule has 7 heteroatoms. The standard InChI is InChI=1S/C12H8N2O3S2/c15-8(10-4-2-6-18-10)7-19-12-14-13-11(17-12)9-3-1-5-16-9/h1-6H,7H2. The van der Waals surface area contributed by atoms with E-state index in [4.69, 9.17) is 8.83 Å². The number of aromatic nitrogens is 2. The van der Waals surface area contributed by atoms with Crippen LogP contribution in [0.5, 0.6) is 0 Å². The van der Waals surface area contributed by atoms with Gasteiger partial charge in [0.2, 0.25) is 0 Å². The summed E-state index contributed by atoms with van der Waals surface area (Å²) in [6, 6.07) is 7.13. The summed E-state index contributed by atoms with van der Waals surface area (Å²) in [7, 11) is 0. The van der Waals surface area contributed by atoms with Gasteiger partial charge >= 0.3 is 0 Å². The largest absolute Gasteiger partial charge is 0.459 e. The smallest absolute Gasteiger partial charge is 0.284 e. The van der Waals surface area contributed by atoms with Gasteiger partial charge in [-0.25, -0.2) is 0 Å². The van der Waals surface area contributed by atoms with Crippen LogP contribution in [0.3, 0.4) is 0 Å². The quantitative estimate of drug-likeness (QED) is 0.530. The maximum atomic E-state index is 11.8. The molecule has 0 N–H and O–H groups in total. The maximum Gasteiger partial charge on any atom is 0.284 e. The van der Waals surface area contributed by atoms with Crippen LogP contribution in [0.25, 0.3) is 11.7 Å². The van der Waals surface area contributed by atoms with Gasteiger partial charge in [0.1, 0.15) is 0 Å². The van der Waals surface area contributed by atoms with Gasteiger partial charge in [-0.2, -0.15) is 0 Å². The summed E-state index contributed by atoms with van der Waals surface area (Å²) >= 11 is 2.64. The van der Waals surface area contributed by atoms with Crippen molar-refractivity contribution in [2.45, 2.75) is 5.22 Å². The Balaban J connectivity index is 1.63. The fourth-order valence-electron chi connectivity index (χ4n) is 1.40. The minimum Gasteiger partial charge on any atom is -0.459 e. The van der Waals surface area contributed by atoms with Crippen LogP contribution in [0.15, 0.2) is 50.0 Å². The Kier molecular flexibility index (Phi) is 3.47. The first kappa shape index (κ1) is 12.2. The lowest BCUT2D eigenvalue weighted by Gasteiger charge is -1.93. The van der Waals surface area contributed by atoms with Crippen molar-refractivity contribution in [3.63, 3.8) is 0 Å². The van der Waals surface area contributed by atoms with Gasteiger partial charge in [0.05, 0.1) is 16.9 Å². The molecule has 0 aliphatic heterocycles. The Morgan fingerprint density at radius 3 is 3.00 bits per heavy atom. The highest BCUT2D eigenvalue weighted by Gasteiger charge is 2.13. The molecule has 96 valence electrons. The van der Waals surface area contributed by atoms with Crippen molar-refractivity contribution in [3.8, 4) is 11.7 Å². The molecular weight excluding hydrogens is 284 g/mol. The van der Waals surface area contributed by atoms with Crippen molar-refractivity contribution < 1.29 is 13.6 Å². The van der Waals surface area contributed by atoms with Crippen molar-refractivity contribution in [1.82, 2.24) is 10.2 Å². The average molecular weight is 292 g/mol. The van der Waals surface area contributed by atoms with Crippen LogP contribution in [-0.4, -0.2) is 21.7 Å². The van der Waals surface area contributed by atoms with Gasteiger partial charge in [-0.3, -0.25) is 4.79 Å². The van der Waals surface area contributed by atoms with E-state index < -0.39 is 0 Å². The summed E-state index contributed by atoms with van der Waals surface area (Å²) in [6.07, 6.45) is 1.53. The Morgan fingerprint density at radius 1 is 1.32 bits per heavy atom. The molecule has 0 unspecified atom stereocenters. The monoisotopic (exact) mass is 292 g/mol. The molecule has 3 aromatic heterocycles. The Morgan fingerprint density at radius 2 is 2.26 bits per heavy atom. The maximum absolute atomic E-state index is 11.8. The zero-order valence-corrected chi connectivity index (χ0v) is 11.2. The number of hydrogen-bond donors (Lipinski definition) is 0. The lowest BCUT2D eigenvalue weighted by Crippen LogP contribution is -1.98. The van der Waals surface area contributed by atoms with E-state index >= 15 is 0 Å². The van der Waals surface area contributed by atoms with Crippen molar-refractivity contribution >= 4 is 28.9 Å². The molecule has 5 nitrogen and oxygen atoms in total. The van der Waals surface area contributed by atoms with Gasteiger partial charge in [0.25, 0.3) is 11.1 Å². The summed E-state index contributed by atoms with van der Waals surface area (Å²) in [5.41, 5.74) is 0. The number of carbonyl (C=O) groups excluding carboxylic acids is 1. The second-order valence-corrected chi connectivity index (χ2v) is 5.41. The molecule has 0 bridgehead atoms. The summed E-state index contributed by atoms with van der Waals surface area (Å²) in [4.78, 5) is 12.5. The number of thiophene rings is 1. The molecule has 3 rings (SSSR count). The van der Waals surface area contributed by atoms with Crippen molar-refractivity contribution in [3.05, 3.63) is 40.8 Å². The number of hydrogen-bond acceptors (Lipinski definition) is 7. The number of furan rings is 1. The predicted molar refractivity (Wildman–Crippen MR) is 71.4 cm³/mol. The summed E-state index contributed by atoms with van der Waals surface area (Å²) < 4.78 is 10.5. The van der Waals surface area contributed by atoms with Crippen molar-refractivity contribution in [2.24, 2.45) is 0 Å². The van der Waals surface area contributed by atoms with Crippen LogP contribution < -0.4 is 0 Å². The van der Waals surface area contributed by atoms with Crippen LogP contribution in [0.4, 0.5) is 0 Å². The van der Waals surface area contributed by atoms with E-state index in [0.29, 0.717) is 16.9 Å². The third-order valence-corrected chi connectivity index (χ3v) is 3.99. The van der Waals surface area contributed by atoms with Gasteiger partial charge in [-0.05, 0) is 23.6 Å². The number of Topliss-reactive ketones (excluding diaryl/α,β-unsaturated/α-hetero) is 1. The summed E-state index contributed by atoms with van der Waals surface area (Å²) in [6.45, 7) is 0. The predicted octanol–water partition coefficient (Wildman–Crippen LogP) is 3.37. The molecule has 0 fully saturated rings. The Bertz CT molecular complexity index is 659. The summed E-state index contributed by atoms with van der Waals surface area (Å²) in [5, 5.41) is 9.95. The molecule has 0 amide bonds. The Labute approximate surface area is 116 Å². The van der Waals surface area contributed by atoms with Crippen LogP contribution in [0, 0.1) is 0 Å². The van der Waals surface area contributed by atoms with Gasteiger partial charge in [0, 0.05) is 0 Å². The highest BCUT2D eigenvalue weighted by molar-refractivity contribution is 7.99.